The van der Waals surface area contributed by atoms with Crippen molar-refractivity contribution in [2.24, 2.45) is 5.92 Å². The van der Waals surface area contributed by atoms with Crippen LogP contribution in [-0.4, -0.2) is 18.9 Å². The number of hydrogen-bond acceptors (Lipinski definition) is 3. The smallest absolute Gasteiger partial charge is 0.316 e. The fourth-order valence-electron chi connectivity index (χ4n) is 1.68. The van der Waals surface area contributed by atoms with Gasteiger partial charge in [0.25, 0.3) is 0 Å². The van der Waals surface area contributed by atoms with Crippen LogP contribution in [0, 0.1) is 5.92 Å². The van der Waals surface area contributed by atoms with Gasteiger partial charge in [0.05, 0.1) is 7.11 Å². The maximum atomic E-state index is 11.4. The Morgan fingerprint density at radius 3 is 2.33 bits per heavy atom. The summed E-state index contributed by atoms with van der Waals surface area (Å²) in [7, 11) is 1.30. The van der Waals surface area contributed by atoms with Crippen molar-refractivity contribution >= 4 is 17.3 Å². The number of ketones is 1. The van der Waals surface area contributed by atoms with Crippen molar-refractivity contribution in [2.45, 2.75) is 20.3 Å². The molecular formula is C15H18O3. The molecule has 0 amide bonds. The van der Waals surface area contributed by atoms with E-state index in [0.717, 1.165) is 11.1 Å². The normalized spacial score (nSPS) is 12.9. The molecule has 3 nitrogen and oxygen atoms in total. The number of methoxy groups -OCH3 is 1. The molecule has 0 unspecified atom stereocenters. The van der Waals surface area contributed by atoms with Crippen molar-refractivity contribution < 1.29 is 14.3 Å². The van der Waals surface area contributed by atoms with Gasteiger partial charge in [-0.25, -0.2) is 0 Å². The summed E-state index contributed by atoms with van der Waals surface area (Å²) in [6.45, 7) is 3.37. The first-order valence-electron chi connectivity index (χ1n) is 5.86. The molecule has 0 heterocycles. The van der Waals surface area contributed by atoms with E-state index in [2.05, 4.69) is 4.74 Å². The SMILES string of the molecule is COC(=O)[C@@H](C/C=C(\C)c1ccccc1)C(C)=O. The molecule has 1 aromatic rings. The standard InChI is InChI=1S/C15H18O3/c1-11(13-7-5-4-6-8-13)9-10-14(12(2)16)15(17)18-3/h4-9,14H,10H2,1-3H3/b11-9+/t14-/m0/s1. The highest BCUT2D eigenvalue weighted by Crippen LogP contribution is 2.17. The van der Waals surface area contributed by atoms with Crippen LogP contribution < -0.4 is 0 Å². The van der Waals surface area contributed by atoms with Gasteiger partial charge in [0.15, 0.2) is 0 Å². The number of Topliss-reactive ketones (excluding diaryl/α,β-unsaturated/α-hetero) is 1. The zero-order valence-corrected chi connectivity index (χ0v) is 11.0. The minimum Gasteiger partial charge on any atom is -0.468 e. The topological polar surface area (TPSA) is 43.4 Å². The summed E-state index contributed by atoms with van der Waals surface area (Å²) in [5.74, 6) is -1.34. The van der Waals surface area contributed by atoms with E-state index < -0.39 is 11.9 Å². The lowest BCUT2D eigenvalue weighted by Gasteiger charge is -2.09. The third-order valence-corrected chi connectivity index (χ3v) is 2.87. The van der Waals surface area contributed by atoms with Crippen molar-refractivity contribution in [3.05, 3.63) is 42.0 Å². The Morgan fingerprint density at radius 1 is 1.22 bits per heavy atom. The van der Waals surface area contributed by atoms with Crippen molar-refractivity contribution in [1.82, 2.24) is 0 Å². The summed E-state index contributed by atoms with van der Waals surface area (Å²) in [4.78, 5) is 22.8. The Kier molecular flexibility index (Phi) is 5.31. The van der Waals surface area contributed by atoms with Gasteiger partial charge in [0.1, 0.15) is 11.7 Å². The molecule has 0 aliphatic carbocycles. The second-order valence-electron chi connectivity index (χ2n) is 4.18. The second kappa shape index (κ2) is 6.74. The van der Waals surface area contributed by atoms with Crippen LogP contribution in [0.2, 0.25) is 0 Å². The third-order valence-electron chi connectivity index (χ3n) is 2.87. The van der Waals surface area contributed by atoms with E-state index in [4.69, 9.17) is 0 Å². The van der Waals surface area contributed by atoms with Crippen LogP contribution in [0.1, 0.15) is 25.8 Å². The van der Waals surface area contributed by atoms with Crippen LogP contribution >= 0.6 is 0 Å². The zero-order valence-electron chi connectivity index (χ0n) is 11.0. The van der Waals surface area contributed by atoms with Crippen molar-refractivity contribution in [1.29, 1.82) is 0 Å². The summed E-state index contributed by atoms with van der Waals surface area (Å²) in [5.41, 5.74) is 2.13. The monoisotopic (exact) mass is 246 g/mol. The predicted octanol–water partition coefficient (Wildman–Crippen LogP) is 2.86. The molecule has 0 radical (unpaired) electrons. The summed E-state index contributed by atoms with van der Waals surface area (Å²) in [6.07, 6.45) is 2.28. The molecule has 0 aliphatic rings. The molecule has 1 atom stereocenters. The number of hydrogen-bond donors (Lipinski definition) is 0. The predicted molar refractivity (Wildman–Crippen MR) is 70.9 cm³/mol. The van der Waals surface area contributed by atoms with E-state index in [-0.39, 0.29) is 5.78 Å². The maximum Gasteiger partial charge on any atom is 0.316 e. The van der Waals surface area contributed by atoms with Crippen molar-refractivity contribution in [3.63, 3.8) is 0 Å². The lowest BCUT2D eigenvalue weighted by Crippen LogP contribution is -2.22. The molecule has 3 heteroatoms. The molecule has 18 heavy (non-hydrogen) atoms. The highest BCUT2D eigenvalue weighted by Gasteiger charge is 2.22. The van der Waals surface area contributed by atoms with Gasteiger partial charge in [-0.05, 0) is 31.4 Å². The quantitative estimate of drug-likeness (QED) is 0.592. The fourth-order valence-corrected chi connectivity index (χ4v) is 1.68. The average Bonchev–Trinajstić information content (AvgIpc) is 2.39. The minimum absolute atomic E-state index is 0.168. The average molecular weight is 246 g/mol. The number of esters is 1. The highest BCUT2D eigenvalue weighted by molar-refractivity contribution is 5.98. The fraction of sp³-hybridized carbons (Fsp3) is 0.333. The van der Waals surface area contributed by atoms with Gasteiger partial charge in [-0.2, -0.15) is 0 Å². The van der Waals surface area contributed by atoms with E-state index >= 15 is 0 Å². The van der Waals surface area contributed by atoms with Gasteiger partial charge in [-0.15, -0.1) is 0 Å². The number of ether oxygens (including phenoxy) is 1. The lowest BCUT2D eigenvalue weighted by atomic mass is 9.98. The third kappa shape index (κ3) is 3.84. The summed E-state index contributed by atoms with van der Waals surface area (Å²) < 4.78 is 4.62. The molecule has 0 N–H and O–H groups in total. The first kappa shape index (κ1) is 14.2. The molecule has 0 spiro atoms. The molecular weight excluding hydrogens is 228 g/mol. The molecule has 0 aliphatic heterocycles. The van der Waals surface area contributed by atoms with Crippen LogP contribution in [-0.2, 0) is 14.3 Å². The Hall–Kier alpha value is -1.90. The summed E-state index contributed by atoms with van der Waals surface area (Å²) in [6, 6.07) is 9.84. The van der Waals surface area contributed by atoms with Gasteiger partial charge < -0.3 is 4.74 Å². The molecule has 0 bridgehead atoms. The first-order chi connectivity index (χ1) is 8.56. The first-order valence-corrected chi connectivity index (χ1v) is 5.86. The largest absolute Gasteiger partial charge is 0.468 e. The minimum atomic E-state index is -0.700. The second-order valence-corrected chi connectivity index (χ2v) is 4.18. The Bertz CT molecular complexity index is 446. The van der Waals surface area contributed by atoms with E-state index in [0.29, 0.717) is 6.42 Å². The molecule has 1 rings (SSSR count). The van der Waals surface area contributed by atoms with Crippen LogP contribution in [0.15, 0.2) is 36.4 Å². The summed E-state index contributed by atoms with van der Waals surface area (Å²) >= 11 is 0. The lowest BCUT2D eigenvalue weighted by molar-refractivity contribution is -0.148. The van der Waals surface area contributed by atoms with Crippen molar-refractivity contribution in [2.75, 3.05) is 7.11 Å². The number of allylic oxidation sites excluding steroid dienone is 2. The highest BCUT2D eigenvalue weighted by atomic mass is 16.5. The van der Waals surface area contributed by atoms with Gasteiger partial charge in [-0.1, -0.05) is 36.4 Å². The van der Waals surface area contributed by atoms with Gasteiger partial charge in [-0.3, -0.25) is 9.59 Å². The molecule has 0 saturated carbocycles. The maximum absolute atomic E-state index is 11.4. The molecule has 0 aromatic heterocycles. The Balaban J connectivity index is 2.78. The number of carbonyl (C=O) groups is 2. The Labute approximate surface area is 107 Å². The van der Waals surface area contributed by atoms with E-state index in [1.54, 1.807) is 0 Å². The van der Waals surface area contributed by atoms with Gasteiger partial charge in [0.2, 0.25) is 0 Å². The molecule has 1 aromatic carbocycles. The summed E-state index contributed by atoms with van der Waals surface area (Å²) in [5, 5.41) is 0. The van der Waals surface area contributed by atoms with Crippen LogP contribution in [0.4, 0.5) is 0 Å². The number of benzene rings is 1. The molecule has 0 fully saturated rings. The van der Waals surface area contributed by atoms with E-state index in [1.807, 2.05) is 43.3 Å². The molecule has 0 saturated heterocycles. The van der Waals surface area contributed by atoms with Crippen LogP contribution in [0.3, 0.4) is 0 Å². The van der Waals surface area contributed by atoms with Crippen LogP contribution in [0.25, 0.3) is 5.57 Å². The number of carbonyl (C=O) groups excluding carboxylic acids is 2. The van der Waals surface area contributed by atoms with Crippen molar-refractivity contribution in [3.8, 4) is 0 Å². The van der Waals surface area contributed by atoms with E-state index in [1.165, 1.54) is 14.0 Å². The zero-order chi connectivity index (χ0) is 13.5. The number of rotatable bonds is 5. The van der Waals surface area contributed by atoms with Gasteiger partial charge >= 0.3 is 5.97 Å². The van der Waals surface area contributed by atoms with E-state index in [9.17, 15) is 9.59 Å². The van der Waals surface area contributed by atoms with Crippen LogP contribution in [0.5, 0.6) is 0 Å². The van der Waals surface area contributed by atoms with Gasteiger partial charge in [0, 0.05) is 0 Å². The Morgan fingerprint density at radius 2 is 1.83 bits per heavy atom. The molecule has 96 valence electrons.